The maximum absolute atomic E-state index is 12.2. The minimum atomic E-state index is -0.534. The Morgan fingerprint density at radius 1 is 1.00 bits per heavy atom. The average molecular weight is 343 g/mol. The summed E-state index contributed by atoms with van der Waals surface area (Å²) in [6.07, 6.45) is 0. The number of esters is 1. The highest BCUT2D eigenvalue weighted by Gasteiger charge is 2.14. The molecule has 1 N–H and O–H groups in total. The normalized spacial score (nSPS) is 10.0. The first-order valence-corrected chi connectivity index (χ1v) is 7.93. The predicted octanol–water partition coefficient (Wildman–Crippen LogP) is 2.57. The molecule has 2 aromatic rings. The van der Waals surface area contributed by atoms with Crippen molar-refractivity contribution in [3.63, 3.8) is 0 Å². The highest BCUT2D eigenvalue weighted by Crippen LogP contribution is 2.18. The van der Waals surface area contributed by atoms with Crippen LogP contribution in [0, 0.1) is 0 Å². The Hall–Kier alpha value is -3.02. The zero-order chi connectivity index (χ0) is 18.1. The summed E-state index contributed by atoms with van der Waals surface area (Å²) in [5.74, 6) is 0.196. The Morgan fingerprint density at radius 2 is 1.68 bits per heavy atom. The third kappa shape index (κ3) is 5.24. The smallest absolute Gasteiger partial charge is 0.325 e. The van der Waals surface area contributed by atoms with E-state index in [1.165, 1.54) is 0 Å². The van der Waals surface area contributed by atoms with Gasteiger partial charge in [-0.05, 0) is 25.1 Å². The summed E-state index contributed by atoms with van der Waals surface area (Å²) >= 11 is 0. The summed E-state index contributed by atoms with van der Waals surface area (Å²) in [5.41, 5.74) is 1.13. The Balaban J connectivity index is 1.86. The minimum absolute atomic E-state index is 0.0776. The Morgan fingerprint density at radius 3 is 2.40 bits per heavy atom. The summed E-state index contributed by atoms with van der Waals surface area (Å²) in [6.45, 7) is 2.14. The molecule has 0 bridgehead atoms. The van der Waals surface area contributed by atoms with E-state index in [9.17, 15) is 9.59 Å². The number of nitrogens with one attached hydrogen (secondary N) is 1. The van der Waals surface area contributed by atoms with E-state index in [-0.39, 0.29) is 13.2 Å². The van der Waals surface area contributed by atoms with Gasteiger partial charge in [0.2, 0.25) is 0 Å². The number of amides is 1. The quantitative estimate of drug-likeness (QED) is 0.746. The largest absolute Gasteiger partial charge is 0.496 e. The lowest BCUT2D eigenvalue weighted by atomic mass is 10.2. The van der Waals surface area contributed by atoms with Crippen molar-refractivity contribution in [1.29, 1.82) is 0 Å². The molecule has 0 spiro atoms. The van der Waals surface area contributed by atoms with E-state index in [1.807, 2.05) is 25.1 Å². The van der Waals surface area contributed by atoms with Crippen LogP contribution in [0.2, 0.25) is 0 Å². The highest BCUT2D eigenvalue weighted by atomic mass is 16.5. The topological polar surface area (TPSA) is 73.9 Å². The fourth-order valence-electron chi connectivity index (χ4n) is 2.21. The van der Waals surface area contributed by atoms with Gasteiger partial charge in [0.25, 0.3) is 5.91 Å². The molecule has 0 aromatic heterocycles. The standard InChI is InChI=1S/C19H21NO5/c1-3-24-17-11-7-5-9-15(17)19(22)20-12-18(21)25-13-14-8-4-6-10-16(14)23-2/h4-11H,3,12-13H2,1-2H3,(H,20,22). The van der Waals surface area contributed by atoms with Crippen LogP contribution in [0.5, 0.6) is 11.5 Å². The van der Waals surface area contributed by atoms with Crippen LogP contribution in [0.1, 0.15) is 22.8 Å². The van der Waals surface area contributed by atoms with E-state index in [0.29, 0.717) is 23.7 Å². The number of hydrogen-bond donors (Lipinski definition) is 1. The molecule has 0 saturated carbocycles. The molecule has 0 aliphatic rings. The van der Waals surface area contributed by atoms with Crippen LogP contribution in [-0.2, 0) is 16.1 Å². The molecule has 2 rings (SSSR count). The second-order valence-corrected chi connectivity index (χ2v) is 5.08. The molecule has 0 radical (unpaired) electrons. The number of hydrogen-bond acceptors (Lipinski definition) is 5. The van der Waals surface area contributed by atoms with Gasteiger partial charge in [0.15, 0.2) is 0 Å². The number of rotatable bonds is 8. The van der Waals surface area contributed by atoms with Gasteiger partial charge in [-0.1, -0.05) is 30.3 Å². The minimum Gasteiger partial charge on any atom is -0.496 e. The van der Waals surface area contributed by atoms with Crippen LogP contribution in [0.25, 0.3) is 0 Å². The van der Waals surface area contributed by atoms with Gasteiger partial charge >= 0.3 is 5.97 Å². The number of benzene rings is 2. The van der Waals surface area contributed by atoms with Crippen LogP contribution >= 0.6 is 0 Å². The van der Waals surface area contributed by atoms with Crippen molar-refractivity contribution in [1.82, 2.24) is 5.32 Å². The molecule has 132 valence electrons. The molecular formula is C19H21NO5. The van der Waals surface area contributed by atoms with Gasteiger partial charge in [0, 0.05) is 5.56 Å². The fraction of sp³-hybridized carbons (Fsp3) is 0.263. The van der Waals surface area contributed by atoms with Crippen molar-refractivity contribution in [2.24, 2.45) is 0 Å². The van der Waals surface area contributed by atoms with Gasteiger partial charge in [-0.15, -0.1) is 0 Å². The van der Waals surface area contributed by atoms with Crippen LogP contribution in [0.3, 0.4) is 0 Å². The summed E-state index contributed by atoms with van der Waals surface area (Å²) in [7, 11) is 1.55. The zero-order valence-electron chi connectivity index (χ0n) is 14.3. The molecule has 25 heavy (non-hydrogen) atoms. The SMILES string of the molecule is CCOc1ccccc1C(=O)NCC(=O)OCc1ccccc1OC. The van der Waals surface area contributed by atoms with Crippen LogP contribution in [-0.4, -0.2) is 32.1 Å². The number of carbonyl (C=O) groups is 2. The van der Waals surface area contributed by atoms with E-state index in [4.69, 9.17) is 14.2 Å². The summed E-state index contributed by atoms with van der Waals surface area (Å²) in [5, 5.41) is 2.54. The average Bonchev–Trinajstić information content (AvgIpc) is 2.65. The zero-order valence-corrected chi connectivity index (χ0v) is 14.3. The van der Waals surface area contributed by atoms with Gasteiger partial charge in [-0.3, -0.25) is 9.59 Å². The van der Waals surface area contributed by atoms with Crippen LogP contribution < -0.4 is 14.8 Å². The lowest BCUT2D eigenvalue weighted by Gasteiger charge is -2.11. The molecule has 0 aliphatic heterocycles. The molecule has 0 atom stereocenters. The molecule has 0 saturated heterocycles. The first kappa shape index (κ1) is 18.3. The maximum Gasteiger partial charge on any atom is 0.325 e. The van der Waals surface area contributed by atoms with Crippen molar-refractivity contribution in [2.45, 2.75) is 13.5 Å². The van der Waals surface area contributed by atoms with Crippen molar-refractivity contribution in [3.8, 4) is 11.5 Å². The molecule has 0 unspecified atom stereocenters. The summed E-state index contributed by atoms with van der Waals surface area (Å²) in [4.78, 5) is 24.1. The molecule has 6 heteroatoms. The Bertz CT molecular complexity index is 729. The fourth-order valence-corrected chi connectivity index (χ4v) is 2.21. The van der Waals surface area contributed by atoms with E-state index < -0.39 is 11.9 Å². The third-order valence-corrected chi connectivity index (χ3v) is 3.41. The van der Waals surface area contributed by atoms with E-state index in [2.05, 4.69) is 5.32 Å². The van der Waals surface area contributed by atoms with Crippen LogP contribution in [0.15, 0.2) is 48.5 Å². The molecule has 2 aromatic carbocycles. The number of carbonyl (C=O) groups excluding carboxylic acids is 2. The molecule has 0 aliphatic carbocycles. The molecule has 0 heterocycles. The summed E-state index contributed by atoms with van der Waals surface area (Å²) in [6, 6.07) is 14.1. The Kier molecular flexibility index (Phi) is 6.83. The van der Waals surface area contributed by atoms with E-state index in [0.717, 1.165) is 5.56 Å². The van der Waals surface area contributed by atoms with Crippen LogP contribution in [0.4, 0.5) is 0 Å². The Labute approximate surface area is 146 Å². The van der Waals surface area contributed by atoms with Crippen molar-refractivity contribution in [3.05, 3.63) is 59.7 Å². The van der Waals surface area contributed by atoms with Crippen molar-refractivity contribution < 1.29 is 23.8 Å². The molecular weight excluding hydrogens is 322 g/mol. The lowest BCUT2D eigenvalue weighted by molar-refractivity contribution is -0.143. The van der Waals surface area contributed by atoms with Crippen molar-refractivity contribution in [2.75, 3.05) is 20.3 Å². The predicted molar refractivity (Wildman–Crippen MR) is 92.7 cm³/mol. The maximum atomic E-state index is 12.2. The number of para-hydroxylation sites is 2. The highest BCUT2D eigenvalue weighted by molar-refractivity contribution is 5.98. The number of ether oxygens (including phenoxy) is 3. The van der Waals surface area contributed by atoms with E-state index >= 15 is 0 Å². The first-order valence-electron chi connectivity index (χ1n) is 7.93. The molecule has 0 fully saturated rings. The van der Waals surface area contributed by atoms with Gasteiger partial charge in [-0.25, -0.2) is 0 Å². The second kappa shape index (κ2) is 9.32. The van der Waals surface area contributed by atoms with E-state index in [1.54, 1.807) is 37.4 Å². The monoisotopic (exact) mass is 343 g/mol. The molecule has 1 amide bonds. The summed E-state index contributed by atoms with van der Waals surface area (Å²) < 4.78 is 15.8. The number of methoxy groups -OCH3 is 1. The van der Waals surface area contributed by atoms with Gasteiger partial charge in [0.05, 0.1) is 19.3 Å². The third-order valence-electron chi connectivity index (χ3n) is 3.41. The van der Waals surface area contributed by atoms with Gasteiger partial charge < -0.3 is 19.5 Å². The first-order chi connectivity index (χ1) is 12.2. The van der Waals surface area contributed by atoms with Crippen molar-refractivity contribution >= 4 is 11.9 Å². The second-order valence-electron chi connectivity index (χ2n) is 5.08. The molecule has 6 nitrogen and oxygen atoms in total. The lowest BCUT2D eigenvalue weighted by Crippen LogP contribution is -2.30. The van der Waals surface area contributed by atoms with Gasteiger partial charge in [0.1, 0.15) is 24.7 Å². The van der Waals surface area contributed by atoms with Gasteiger partial charge in [-0.2, -0.15) is 0 Å².